The maximum atomic E-state index is 11.5. The van der Waals surface area contributed by atoms with Gasteiger partial charge in [0.2, 0.25) is 0 Å². The van der Waals surface area contributed by atoms with Gasteiger partial charge in [-0.2, -0.15) is 0 Å². The number of rotatable bonds is 4. The lowest BCUT2D eigenvalue weighted by Crippen LogP contribution is -2.08. The summed E-state index contributed by atoms with van der Waals surface area (Å²) in [6.07, 6.45) is 0. The van der Waals surface area contributed by atoms with Crippen LogP contribution in [0.15, 0.2) is 18.2 Å². The van der Waals surface area contributed by atoms with E-state index in [-0.39, 0.29) is 12.4 Å². The molecule has 1 rings (SSSR count). The first-order valence-electron chi connectivity index (χ1n) is 4.51. The molecule has 0 N–H and O–H groups in total. The highest BCUT2D eigenvalue weighted by Gasteiger charge is 2.06. The summed E-state index contributed by atoms with van der Waals surface area (Å²) in [7, 11) is 0. The third kappa shape index (κ3) is 3.13. The van der Waals surface area contributed by atoms with Crippen LogP contribution in [-0.2, 0) is 4.74 Å². The molecule has 14 heavy (non-hydrogen) atoms. The molecule has 0 unspecified atom stereocenters. The number of ketones is 1. The molecule has 0 amide bonds. The van der Waals surface area contributed by atoms with Crippen molar-refractivity contribution in [1.29, 1.82) is 0 Å². The third-order valence-electron chi connectivity index (χ3n) is 1.80. The highest BCUT2D eigenvalue weighted by atomic mass is 35.5. The van der Waals surface area contributed by atoms with Crippen molar-refractivity contribution in [3.63, 3.8) is 0 Å². The van der Waals surface area contributed by atoms with Crippen molar-refractivity contribution in [1.82, 2.24) is 0 Å². The van der Waals surface area contributed by atoms with Crippen molar-refractivity contribution in [2.24, 2.45) is 0 Å². The molecule has 0 aromatic heterocycles. The molecule has 0 atom stereocenters. The van der Waals surface area contributed by atoms with Crippen LogP contribution >= 0.6 is 11.6 Å². The highest BCUT2D eigenvalue weighted by molar-refractivity contribution is 6.31. The molecule has 1 aromatic rings. The zero-order valence-electron chi connectivity index (χ0n) is 8.34. The third-order valence-corrected chi connectivity index (χ3v) is 2.02. The van der Waals surface area contributed by atoms with E-state index in [1.54, 1.807) is 6.07 Å². The molecule has 0 heterocycles. The van der Waals surface area contributed by atoms with Crippen LogP contribution in [0.25, 0.3) is 0 Å². The molecule has 3 heteroatoms. The van der Waals surface area contributed by atoms with Gasteiger partial charge in [0, 0.05) is 17.2 Å². The van der Waals surface area contributed by atoms with Gasteiger partial charge in [0.15, 0.2) is 5.78 Å². The van der Waals surface area contributed by atoms with E-state index in [2.05, 4.69) is 0 Å². The summed E-state index contributed by atoms with van der Waals surface area (Å²) in [5, 5.41) is 0.588. The largest absolute Gasteiger partial charge is 0.374 e. The van der Waals surface area contributed by atoms with Gasteiger partial charge in [0.25, 0.3) is 0 Å². The molecule has 0 saturated carbocycles. The number of ether oxygens (including phenoxy) is 1. The number of carbonyl (C=O) groups is 1. The minimum absolute atomic E-state index is 0.0301. The van der Waals surface area contributed by atoms with Crippen LogP contribution in [0.2, 0.25) is 5.02 Å². The van der Waals surface area contributed by atoms with Crippen LogP contribution < -0.4 is 0 Å². The van der Waals surface area contributed by atoms with Gasteiger partial charge >= 0.3 is 0 Å². The van der Waals surface area contributed by atoms with E-state index in [0.29, 0.717) is 17.2 Å². The van der Waals surface area contributed by atoms with Crippen LogP contribution in [0.5, 0.6) is 0 Å². The molecule has 0 radical (unpaired) electrons. The molecule has 0 fully saturated rings. The van der Waals surface area contributed by atoms with Crippen LogP contribution in [0.3, 0.4) is 0 Å². The second-order valence-corrected chi connectivity index (χ2v) is 3.51. The lowest BCUT2D eigenvalue weighted by atomic mass is 10.1. The molecule has 0 saturated heterocycles. The van der Waals surface area contributed by atoms with E-state index in [4.69, 9.17) is 16.3 Å². The summed E-state index contributed by atoms with van der Waals surface area (Å²) in [6.45, 7) is 4.43. The van der Waals surface area contributed by atoms with Gasteiger partial charge < -0.3 is 4.74 Å². The van der Waals surface area contributed by atoms with Crippen LogP contribution in [0, 0.1) is 6.92 Å². The maximum Gasteiger partial charge on any atom is 0.188 e. The predicted octanol–water partition coefficient (Wildman–Crippen LogP) is 2.87. The maximum absolute atomic E-state index is 11.5. The van der Waals surface area contributed by atoms with E-state index in [1.165, 1.54) is 0 Å². The van der Waals surface area contributed by atoms with Gasteiger partial charge in [-0.3, -0.25) is 4.79 Å². The minimum atomic E-state index is -0.0301. The smallest absolute Gasteiger partial charge is 0.188 e. The first-order valence-corrected chi connectivity index (χ1v) is 4.89. The Kier molecular flexibility index (Phi) is 4.11. The predicted molar refractivity (Wildman–Crippen MR) is 57.0 cm³/mol. The Morgan fingerprint density at radius 1 is 1.43 bits per heavy atom. The molecular weight excluding hydrogens is 200 g/mol. The Hall–Kier alpha value is -0.860. The van der Waals surface area contributed by atoms with Gasteiger partial charge in [0.1, 0.15) is 6.61 Å². The Balaban J connectivity index is 2.79. The fourth-order valence-corrected chi connectivity index (χ4v) is 1.47. The second-order valence-electron chi connectivity index (χ2n) is 3.08. The van der Waals surface area contributed by atoms with Gasteiger partial charge in [0.05, 0.1) is 0 Å². The molecular formula is C11H13ClO2. The van der Waals surface area contributed by atoms with Gasteiger partial charge in [-0.05, 0) is 37.6 Å². The van der Waals surface area contributed by atoms with Crippen molar-refractivity contribution in [3.8, 4) is 0 Å². The first kappa shape index (κ1) is 11.2. The number of hydrogen-bond donors (Lipinski definition) is 0. The fraction of sp³-hybridized carbons (Fsp3) is 0.364. The quantitative estimate of drug-likeness (QED) is 0.718. The molecule has 0 aliphatic carbocycles. The monoisotopic (exact) mass is 212 g/mol. The highest BCUT2D eigenvalue weighted by Crippen LogP contribution is 2.14. The Morgan fingerprint density at radius 2 is 2.14 bits per heavy atom. The Bertz CT molecular complexity index is 314. The van der Waals surface area contributed by atoms with Gasteiger partial charge in [-0.15, -0.1) is 0 Å². The average Bonchev–Trinajstić information content (AvgIpc) is 2.12. The number of benzene rings is 1. The van der Waals surface area contributed by atoms with E-state index < -0.39 is 0 Å². The molecule has 76 valence electrons. The van der Waals surface area contributed by atoms with E-state index in [9.17, 15) is 4.79 Å². The number of hydrogen-bond acceptors (Lipinski definition) is 2. The summed E-state index contributed by atoms with van der Waals surface area (Å²) in [5.74, 6) is -0.0301. The second kappa shape index (κ2) is 5.13. The molecule has 0 spiro atoms. The Labute approximate surface area is 88.8 Å². The molecule has 0 aliphatic heterocycles. The molecule has 2 nitrogen and oxygen atoms in total. The van der Waals surface area contributed by atoms with Crippen LogP contribution in [0.1, 0.15) is 22.8 Å². The van der Waals surface area contributed by atoms with E-state index in [1.807, 2.05) is 26.0 Å². The number of Topliss-reactive ketones (excluding diaryl/α,β-unsaturated/α-hetero) is 1. The first-order chi connectivity index (χ1) is 6.63. The van der Waals surface area contributed by atoms with Crippen molar-refractivity contribution in [3.05, 3.63) is 34.3 Å². The van der Waals surface area contributed by atoms with Crippen LogP contribution in [-0.4, -0.2) is 19.0 Å². The lowest BCUT2D eigenvalue weighted by Gasteiger charge is -2.03. The van der Waals surface area contributed by atoms with Crippen molar-refractivity contribution < 1.29 is 9.53 Å². The summed E-state index contributed by atoms with van der Waals surface area (Å²) in [4.78, 5) is 11.5. The van der Waals surface area contributed by atoms with Crippen LogP contribution in [0.4, 0.5) is 0 Å². The molecule has 1 aromatic carbocycles. The minimum Gasteiger partial charge on any atom is -0.374 e. The lowest BCUT2D eigenvalue weighted by molar-refractivity contribution is 0.0783. The standard InChI is InChI=1S/C11H13ClO2/c1-3-14-7-11(13)9-4-8(2)5-10(12)6-9/h4-6H,3,7H2,1-2H3. The summed E-state index contributed by atoms with van der Waals surface area (Å²) >= 11 is 5.84. The SMILES string of the molecule is CCOCC(=O)c1cc(C)cc(Cl)c1. The fourth-order valence-electron chi connectivity index (χ4n) is 1.18. The average molecular weight is 213 g/mol. The summed E-state index contributed by atoms with van der Waals surface area (Å²) < 4.78 is 5.04. The van der Waals surface area contributed by atoms with E-state index >= 15 is 0 Å². The zero-order chi connectivity index (χ0) is 10.6. The van der Waals surface area contributed by atoms with Crippen molar-refractivity contribution in [2.45, 2.75) is 13.8 Å². The van der Waals surface area contributed by atoms with Crippen molar-refractivity contribution >= 4 is 17.4 Å². The van der Waals surface area contributed by atoms with Gasteiger partial charge in [-0.25, -0.2) is 0 Å². The zero-order valence-corrected chi connectivity index (χ0v) is 9.10. The van der Waals surface area contributed by atoms with Gasteiger partial charge in [-0.1, -0.05) is 11.6 Å². The molecule has 0 aliphatic rings. The number of halogens is 1. The number of aryl methyl sites for hydroxylation is 1. The number of carbonyl (C=O) groups excluding carboxylic acids is 1. The van der Waals surface area contributed by atoms with Crippen molar-refractivity contribution in [2.75, 3.05) is 13.2 Å². The summed E-state index contributed by atoms with van der Waals surface area (Å²) in [6, 6.07) is 5.29. The topological polar surface area (TPSA) is 26.3 Å². The van der Waals surface area contributed by atoms with E-state index in [0.717, 1.165) is 5.56 Å². The molecule has 0 bridgehead atoms. The normalized spacial score (nSPS) is 10.2. The summed E-state index contributed by atoms with van der Waals surface area (Å²) in [5.41, 5.74) is 1.60. The Morgan fingerprint density at radius 3 is 2.71 bits per heavy atom.